The van der Waals surface area contributed by atoms with E-state index >= 15 is 0 Å². The third kappa shape index (κ3) is 3.38. The number of hydrogen-bond donors (Lipinski definition) is 1. The van der Waals surface area contributed by atoms with Gasteiger partial charge >= 0.3 is 5.69 Å². The first-order chi connectivity index (χ1) is 7.58. The third-order valence-corrected chi connectivity index (χ3v) is 2.88. The molecule has 1 fully saturated rings. The van der Waals surface area contributed by atoms with Crippen LogP contribution in [0.15, 0.2) is 18.2 Å². The summed E-state index contributed by atoms with van der Waals surface area (Å²) in [6, 6.07) is 3.64. The minimum atomic E-state index is -0.813. The zero-order chi connectivity index (χ0) is 11.7. The number of halogens is 2. The maximum absolute atomic E-state index is 13.1. The molecule has 1 aliphatic carbocycles. The highest BCUT2D eigenvalue weighted by atomic mass is 35.5. The van der Waals surface area contributed by atoms with Crippen LogP contribution in [0.3, 0.4) is 0 Å². The molecule has 1 aliphatic rings. The van der Waals surface area contributed by atoms with Crippen molar-refractivity contribution in [2.45, 2.75) is 25.3 Å². The van der Waals surface area contributed by atoms with Crippen LogP contribution in [-0.2, 0) is 0 Å². The minimum absolute atomic E-state index is 0. The number of nitrogens with zero attached hydrogens (tertiary/aromatic N) is 1. The van der Waals surface area contributed by atoms with Crippen LogP contribution in [0, 0.1) is 21.8 Å². The van der Waals surface area contributed by atoms with Crippen molar-refractivity contribution >= 4 is 18.1 Å². The summed E-state index contributed by atoms with van der Waals surface area (Å²) in [4.78, 5) is 9.84. The van der Waals surface area contributed by atoms with E-state index < -0.39 is 16.4 Å². The van der Waals surface area contributed by atoms with Crippen molar-refractivity contribution in [3.8, 4) is 0 Å². The molecule has 0 radical (unpaired) electrons. The van der Waals surface area contributed by atoms with Crippen molar-refractivity contribution in [3.05, 3.63) is 39.7 Å². The van der Waals surface area contributed by atoms with Gasteiger partial charge in [-0.2, -0.15) is 4.39 Å². The highest BCUT2D eigenvalue weighted by molar-refractivity contribution is 5.85. The Kier molecular flexibility index (Phi) is 4.42. The van der Waals surface area contributed by atoms with Gasteiger partial charge in [0.25, 0.3) is 0 Å². The van der Waals surface area contributed by atoms with Gasteiger partial charge in [0, 0.05) is 12.1 Å². The Balaban J connectivity index is 0.00000144. The molecule has 2 N–H and O–H groups in total. The number of hydrogen-bond acceptors (Lipinski definition) is 3. The van der Waals surface area contributed by atoms with Gasteiger partial charge in [0.05, 0.1) is 4.92 Å². The number of nitro benzene ring substituents is 1. The summed E-state index contributed by atoms with van der Waals surface area (Å²) in [5, 5.41) is 10.6. The summed E-state index contributed by atoms with van der Waals surface area (Å²) in [6.45, 7) is 0. The molecule has 6 heteroatoms. The van der Waals surface area contributed by atoms with Gasteiger partial charge in [0.15, 0.2) is 0 Å². The summed E-state index contributed by atoms with van der Waals surface area (Å²) in [6.07, 6.45) is 3.18. The van der Waals surface area contributed by atoms with Crippen molar-refractivity contribution in [1.29, 1.82) is 0 Å². The van der Waals surface area contributed by atoms with E-state index in [1.54, 1.807) is 0 Å². The fourth-order valence-electron chi connectivity index (χ4n) is 1.75. The van der Waals surface area contributed by atoms with Gasteiger partial charge in [-0.25, -0.2) is 0 Å². The third-order valence-electron chi connectivity index (χ3n) is 2.88. The van der Waals surface area contributed by atoms with Crippen LogP contribution in [0.25, 0.3) is 0 Å². The quantitative estimate of drug-likeness (QED) is 0.668. The van der Waals surface area contributed by atoms with Crippen molar-refractivity contribution in [1.82, 2.24) is 0 Å². The van der Waals surface area contributed by atoms with Crippen LogP contribution >= 0.6 is 12.4 Å². The molecule has 0 aromatic heterocycles. The topological polar surface area (TPSA) is 69.2 Å². The van der Waals surface area contributed by atoms with Crippen LogP contribution in [0.2, 0.25) is 0 Å². The summed E-state index contributed by atoms with van der Waals surface area (Å²) in [5.41, 5.74) is 6.05. The molecule has 1 atom stereocenters. The van der Waals surface area contributed by atoms with E-state index in [0.717, 1.165) is 12.5 Å². The largest absolute Gasteiger partial charge is 0.324 e. The molecule has 0 spiro atoms. The number of nitrogens with two attached hydrogens (primary N) is 1. The average molecular weight is 261 g/mol. The fourth-order valence-corrected chi connectivity index (χ4v) is 1.75. The predicted molar refractivity (Wildman–Crippen MR) is 64.6 cm³/mol. The van der Waals surface area contributed by atoms with E-state index in [-0.39, 0.29) is 18.4 Å². The molecule has 1 aromatic carbocycles. The highest BCUT2D eigenvalue weighted by Crippen LogP contribution is 2.37. The molecule has 17 heavy (non-hydrogen) atoms. The molecular formula is C11H14ClFN2O2. The molecule has 0 bridgehead atoms. The SMILES string of the molecule is Cl.N[C@@H](CC1CC1)c1ccc(F)c([N+](=O)[O-])c1. The van der Waals surface area contributed by atoms with E-state index in [4.69, 9.17) is 5.73 Å². The second-order valence-electron chi connectivity index (χ2n) is 4.25. The monoisotopic (exact) mass is 260 g/mol. The van der Waals surface area contributed by atoms with Crippen LogP contribution in [-0.4, -0.2) is 4.92 Å². The molecule has 0 amide bonds. The van der Waals surface area contributed by atoms with Gasteiger partial charge in [-0.15, -0.1) is 12.4 Å². The first-order valence-electron chi connectivity index (χ1n) is 5.27. The first kappa shape index (κ1) is 13.9. The zero-order valence-corrected chi connectivity index (χ0v) is 9.95. The van der Waals surface area contributed by atoms with Crippen molar-refractivity contribution in [3.63, 3.8) is 0 Å². The van der Waals surface area contributed by atoms with Crippen molar-refractivity contribution < 1.29 is 9.31 Å². The Morgan fingerprint density at radius 3 is 2.71 bits per heavy atom. The lowest BCUT2D eigenvalue weighted by Crippen LogP contribution is -2.11. The second kappa shape index (κ2) is 5.42. The minimum Gasteiger partial charge on any atom is -0.324 e. The lowest BCUT2D eigenvalue weighted by atomic mass is 10.0. The molecule has 4 nitrogen and oxygen atoms in total. The van der Waals surface area contributed by atoms with Gasteiger partial charge in [0.1, 0.15) is 0 Å². The molecule has 0 saturated heterocycles. The van der Waals surface area contributed by atoms with E-state index in [0.29, 0.717) is 11.5 Å². The Morgan fingerprint density at radius 1 is 1.53 bits per heavy atom. The van der Waals surface area contributed by atoms with Gasteiger partial charge in [-0.3, -0.25) is 10.1 Å². The average Bonchev–Trinajstić information content (AvgIpc) is 3.01. The molecular weight excluding hydrogens is 247 g/mol. The molecule has 94 valence electrons. The van der Waals surface area contributed by atoms with Crippen LogP contribution in [0.4, 0.5) is 10.1 Å². The summed E-state index contributed by atoms with van der Waals surface area (Å²) < 4.78 is 13.1. The number of benzene rings is 1. The maximum Gasteiger partial charge on any atom is 0.305 e. The Bertz CT molecular complexity index is 424. The van der Waals surface area contributed by atoms with Crippen molar-refractivity contribution in [2.75, 3.05) is 0 Å². The first-order valence-corrected chi connectivity index (χ1v) is 5.27. The normalized spacial score (nSPS) is 16.1. The molecule has 2 rings (SSSR count). The highest BCUT2D eigenvalue weighted by Gasteiger charge is 2.25. The van der Waals surface area contributed by atoms with E-state index in [1.807, 2.05) is 0 Å². The Hall–Kier alpha value is -1.20. The molecule has 0 aliphatic heterocycles. The summed E-state index contributed by atoms with van der Waals surface area (Å²) >= 11 is 0. The number of rotatable bonds is 4. The van der Waals surface area contributed by atoms with Gasteiger partial charge in [-0.05, 0) is 24.0 Å². The lowest BCUT2D eigenvalue weighted by molar-refractivity contribution is -0.387. The standard InChI is InChI=1S/C11H13FN2O2.ClH/c12-9-4-3-8(6-11(9)14(15)16)10(13)5-7-1-2-7;/h3-4,6-7,10H,1-2,5,13H2;1H/t10-;/m0./s1. The Morgan fingerprint density at radius 2 is 2.18 bits per heavy atom. The van der Waals surface area contributed by atoms with E-state index in [9.17, 15) is 14.5 Å². The predicted octanol–water partition coefficient (Wildman–Crippen LogP) is 2.96. The van der Waals surface area contributed by atoms with Gasteiger partial charge in [-0.1, -0.05) is 18.9 Å². The van der Waals surface area contributed by atoms with Crippen LogP contribution < -0.4 is 5.73 Å². The lowest BCUT2D eigenvalue weighted by Gasteiger charge is -2.10. The molecule has 0 unspecified atom stereocenters. The van der Waals surface area contributed by atoms with E-state index in [2.05, 4.69) is 0 Å². The maximum atomic E-state index is 13.1. The smallest absolute Gasteiger partial charge is 0.305 e. The van der Waals surface area contributed by atoms with E-state index in [1.165, 1.54) is 25.0 Å². The molecule has 1 saturated carbocycles. The van der Waals surface area contributed by atoms with Crippen LogP contribution in [0.5, 0.6) is 0 Å². The van der Waals surface area contributed by atoms with Crippen LogP contribution in [0.1, 0.15) is 30.9 Å². The fraction of sp³-hybridized carbons (Fsp3) is 0.455. The second-order valence-corrected chi connectivity index (χ2v) is 4.25. The molecule has 0 heterocycles. The van der Waals surface area contributed by atoms with Gasteiger partial charge < -0.3 is 5.73 Å². The zero-order valence-electron chi connectivity index (χ0n) is 9.14. The molecule has 1 aromatic rings. The number of nitro groups is 1. The summed E-state index contributed by atoms with van der Waals surface area (Å²) in [7, 11) is 0. The van der Waals surface area contributed by atoms with Crippen molar-refractivity contribution in [2.24, 2.45) is 11.7 Å². The Labute approximate surface area is 105 Å². The summed E-state index contributed by atoms with van der Waals surface area (Å²) in [5.74, 6) is -0.175. The van der Waals surface area contributed by atoms with Gasteiger partial charge in [0.2, 0.25) is 5.82 Å².